The Morgan fingerprint density at radius 3 is 2.53 bits per heavy atom. The fourth-order valence-electron chi connectivity index (χ4n) is 6.54. The van der Waals surface area contributed by atoms with E-state index in [1.165, 1.54) is 18.2 Å². The van der Waals surface area contributed by atoms with Gasteiger partial charge in [0.15, 0.2) is 0 Å². The van der Waals surface area contributed by atoms with Crippen LogP contribution < -0.4 is 20.7 Å². The first-order valence-electron chi connectivity index (χ1n) is 14.2. The summed E-state index contributed by atoms with van der Waals surface area (Å²) >= 11 is 0. The monoisotopic (exact) mass is 595 g/mol. The Labute approximate surface area is 245 Å². The maximum atomic E-state index is 14.3. The van der Waals surface area contributed by atoms with E-state index in [1.807, 2.05) is 30.0 Å². The molecule has 0 saturated carbocycles. The average molecular weight is 596 g/mol. The number of nitrogens with zero attached hydrogens (tertiary/aromatic N) is 4. The summed E-state index contributed by atoms with van der Waals surface area (Å²) in [6.07, 6.45) is -2.53. The van der Waals surface area contributed by atoms with E-state index in [1.54, 1.807) is 18.3 Å². The van der Waals surface area contributed by atoms with Gasteiger partial charge >= 0.3 is 12.1 Å². The van der Waals surface area contributed by atoms with E-state index in [-0.39, 0.29) is 28.8 Å². The number of aromatic amines is 1. The van der Waals surface area contributed by atoms with E-state index < -0.39 is 24.3 Å². The molecule has 13 heteroatoms. The van der Waals surface area contributed by atoms with Crippen LogP contribution in [0.4, 0.5) is 24.9 Å². The number of anilines is 2. The van der Waals surface area contributed by atoms with Crippen LogP contribution in [-0.2, 0) is 4.79 Å². The summed E-state index contributed by atoms with van der Waals surface area (Å²) in [7, 11) is 0. The minimum atomic E-state index is -4.72. The fourth-order valence-corrected chi connectivity index (χ4v) is 6.54. The van der Waals surface area contributed by atoms with Crippen LogP contribution >= 0.6 is 0 Å². The van der Waals surface area contributed by atoms with Gasteiger partial charge in [-0.3, -0.25) is 9.89 Å². The van der Waals surface area contributed by atoms with Crippen molar-refractivity contribution < 1.29 is 27.8 Å². The van der Waals surface area contributed by atoms with E-state index >= 15 is 0 Å². The quantitative estimate of drug-likeness (QED) is 0.230. The number of ether oxygens (including phenoxy) is 1. The van der Waals surface area contributed by atoms with Gasteiger partial charge in [-0.15, -0.1) is 0 Å². The maximum Gasteiger partial charge on any atom is 0.429 e. The first-order chi connectivity index (χ1) is 20.5. The van der Waals surface area contributed by atoms with Crippen molar-refractivity contribution in [1.29, 1.82) is 0 Å². The van der Waals surface area contributed by atoms with Crippen molar-refractivity contribution in [2.24, 2.45) is 5.41 Å². The number of fused-ring (bicyclic) bond motifs is 1. The first kappa shape index (κ1) is 28.7. The number of halogens is 3. The van der Waals surface area contributed by atoms with Gasteiger partial charge in [0.2, 0.25) is 17.9 Å². The lowest BCUT2D eigenvalue weighted by Gasteiger charge is -2.43. The molecular weight excluding hydrogens is 563 g/mol. The van der Waals surface area contributed by atoms with Gasteiger partial charge < -0.3 is 25.8 Å². The maximum absolute atomic E-state index is 14.3. The molecule has 0 bridgehead atoms. The van der Waals surface area contributed by atoms with Gasteiger partial charge in [0.1, 0.15) is 11.9 Å². The minimum Gasteiger partial charge on any atom is -0.480 e. The van der Waals surface area contributed by atoms with Gasteiger partial charge in [0.05, 0.1) is 11.7 Å². The summed E-state index contributed by atoms with van der Waals surface area (Å²) in [4.78, 5) is 21.8. The molecule has 0 amide bonds. The highest BCUT2D eigenvalue weighted by atomic mass is 19.4. The predicted octanol–water partition coefficient (Wildman–Crippen LogP) is 5.10. The van der Waals surface area contributed by atoms with Gasteiger partial charge in [0, 0.05) is 36.1 Å². The molecule has 2 fully saturated rings. The highest BCUT2D eigenvalue weighted by Gasteiger charge is 2.50. The topological polar surface area (TPSA) is 142 Å². The third-order valence-corrected chi connectivity index (χ3v) is 8.77. The summed E-state index contributed by atoms with van der Waals surface area (Å²) in [6, 6.07) is 12.6. The van der Waals surface area contributed by atoms with Gasteiger partial charge in [-0.2, -0.15) is 28.2 Å². The highest BCUT2D eigenvalue weighted by molar-refractivity contribution is 5.84. The Balaban J connectivity index is 1.19. The standard InChI is InChI=1S/C30H32F3N7O3/c1-2-23-29(15-22(36-23)27(41)42)9-11-40(12-10-29)24-14-25(38-28(34)37-24)43-26(30(31,32)33)18-5-3-17(4-6-18)19-7-8-21-20(13-19)16-35-39-21/h3-8,13-14,16,22-23,26,36H,2,9-12,15H2,1H3,(H,35,39)(H,41,42)(H2,34,37,38)/t22?,23?,26-/m1/s1. The third kappa shape index (κ3) is 5.68. The molecule has 0 aliphatic carbocycles. The molecule has 0 radical (unpaired) electrons. The molecule has 5 N–H and O–H groups in total. The number of carbonyl (C=O) groups is 1. The van der Waals surface area contributed by atoms with Gasteiger partial charge in [0.25, 0.3) is 0 Å². The molecule has 2 aliphatic heterocycles. The number of aromatic nitrogens is 4. The van der Waals surface area contributed by atoms with Crippen LogP contribution in [0.25, 0.3) is 22.0 Å². The third-order valence-electron chi connectivity index (χ3n) is 8.77. The normalized spacial score (nSPS) is 20.9. The molecule has 226 valence electrons. The number of H-pyrrole nitrogens is 1. The second-order valence-corrected chi connectivity index (χ2v) is 11.3. The smallest absolute Gasteiger partial charge is 0.429 e. The number of nitrogens with one attached hydrogen (secondary N) is 2. The van der Waals surface area contributed by atoms with Gasteiger partial charge in [-0.25, -0.2) is 0 Å². The molecule has 3 atom stereocenters. The largest absolute Gasteiger partial charge is 0.480 e. The Kier molecular flexibility index (Phi) is 7.36. The summed E-state index contributed by atoms with van der Waals surface area (Å²) in [6.45, 7) is 3.14. The molecule has 43 heavy (non-hydrogen) atoms. The van der Waals surface area contributed by atoms with Crippen LogP contribution in [0.15, 0.2) is 54.7 Å². The van der Waals surface area contributed by atoms with Crippen molar-refractivity contribution in [3.05, 3.63) is 60.3 Å². The van der Waals surface area contributed by atoms with Crippen LogP contribution in [0.1, 0.15) is 44.3 Å². The molecule has 2 unspecified atom stereocenters. The molecule has 2 aliphatic rings. The number of aliphatic carboxylic acids is 1. The first-order valence-corrected chi connectivity index (χ1v) is 14.2. The fraction of sp³-hybridized carbons (Fsp3) is 0.400. The molecule has 2 aromatic carbocycles. The predicted molar refractivity (Wildman–Crippen MR) is 155 cm³/mol. The Bertz CT molecular complexity index is 1620. The lowest BCUT2D eigenvalue weighted by Crippen LogP contribution is -2.46. The van der Waals surface area contributed by atoms with Gasteiger partial charge in [-0.05, 0) is 54.4 Å². The molecule has 4 aromatic rings. The number of hydrogen-bond donors (Lipinski definition) is 4. The van der Waals surface area contributed by atoms with Crippen molar-refractivity contribution in [3.63, 3.8) is 0 Å². The average Bonchev–Trinajstić information content (AvgIpc) is 3.60. The zero-order valence-electron chi connectivity index (χ0n) is 23.4. The number of hydrogen-bond acceptors (Lipinski definition) is 8. The van der Waals surface area contributed by atoms with Crippen molar-refractivity contribution in [1.82, 2.24) is 25.5 Å². The van der Waals surface area contributed by atoms with Crippen molar-refractivity contribution in [2.75, 3.05) is 23.7 Å². The van der Waals surface area contributed by atoms with Gasteiger partial charge in [-0.1, -0.05) is 37.3 Å². The summed E-state index contributed by atoms with van der Waals surface area (Å²) in [5.41, 5.74) is 8.15. The Morgan fingerprint density at radius 1 is 1.14 bits per heavy atom. The number of carboxylic acids is 1. The number of rotatable bonds is 7. The molecule has 4 heterocycles. The van der Waals surface area contributed by atoms with Crippen LogP contribution in [0, 0.1) is 5.41 Å². The Morgan fingerprint density at radius 2 is 1.86 bits per heavy atom. The molecule has 6 rings (SSSR count). The van der Waals surface area contributed by atoms with Crippen LogP contribution in [0.5, 0.6) is 5.88 Å². The lowest BCUT2D eigenvalue weighted by molar-refractivity contribution is -0.198. The molecule has 1 spiro atoms. The van der Waals surface area contributed by atoms with E-state index in [4.69, 9.17) is 10.5 Å². The van der Waals surface area contributed by atoms with E-state index in [0.717, 1.165) is 28.5 Å². The Hall–Kier alpha value is -4.39. The zero-order valence-corrected chi connectivity index (χ0v) is 23.4. The van der Waals surface area contributed by atoms with Crippen LogP contribution in [0.3, 0.4) is 0 Å². The number of piperidine rings is 1. The van der Waals surface area contributed by atoms with Crippen molar-refractivity contribution in [3.8, 4) is 17.0 Å². The summed E-state index contributed by atoms with van der Waals surface area (Å²) in [5, 5.41) is 20.6. The lowest BCUT2D eigenvalue weighted by atomic mass is 9.71. The number of alkyl halides is 3. The summed E-state index contributed by atoms with van der Waals surface area (Å²) in [5.74, 6) is -0.956. The van der Waals surface area contributed by atoms with Crippen LogP contribution in [0.2, 0.25) is 0 Å². The van der Waals surface area contributed by atoms with E-state index in [0.29, 0.717) is 38.2 Å². The second kappa shape index (κ2) is 11.0. The number of benzene rings is 2. The second-order valence-electron chi connectivity index (χ2n) is 11.3. The molecule has 10 nitrogen and oxygen atoms in total. The van der Waals surface area contributed by atoms with E-state index in [2.05, 4.69) is 25.5 Å². The number of nitrogen functional groups attached to an aromatic ring is 1. The summed E-state index contributed by atoms with van der Waals surface area (Å²) < 4.78 is 48.3. The molecule has 2 aromatic heterocycles. The SMILES string of the molecule is CCC1NC(C(=O)O)CC12CCN(c1cc(O[C@H](c3ccc(-c4ccc5[nH]ncc5c4)cc3)C(F)(F)F)nc(N)n1)CC2. The molecule has 2 saturated heterocycles. The van der Waals surface area contributed by atoms with E-state index in [9.17, 15) is 23.1 Å². The minimum absolute atomic E-state index is 0.0772. The van der Waals surface area contributed by atoms with Crippen molar-refractivity contribution in [2.45, 2.75) is 57.0 Å². The molecular formula is C30H32F3N7O3. The van der Waals surface area contributed by atoms with Crippen LogP contribution in [-0.4, -0.2) is 62.6 Å². The van der Waals surface area contributed by atoms with Crippen molar-refractivity contribution >= 4 is 28.6 Å². The highest BCUT2D eigenvalue weighted by Crippen LogP contribution is 2.46. The number of nitrogens with two attached hydrogens (primary N) is 1. The number of carboxylic acid groups (broad SMARTS) is 1. The zero-order chi connectivity index (χ0) is 30.4.